The van der Waals surface area contributed by atoms with Crippen LogP contribution in [0.1, 0.15) is 37.9 Å². The van der Waals surface area contributed by atoms with E-state index in [-0.39, 0.29) is 29.9 Å². The number of hydrogen-bond acceptors (Lipinski definition) is 6. The first kappa shape index (κ1) is 23.8. The maximum atomic E-state index is 12.8. The number of benzene rings is 1. The minimum absolute atomic E-state index is 0.0127. The highest BCUT2D eigenvalue weighted by Gasteiger charge is 2.23. The topological polar surface area (TPSA) is 118 Å². The fraction of sp³-hybridized carbons (Fsp3) is 0.455. The molecule has 2 N–H and O–H groups in total. The normalized spacial score (nSPS) is 14.7. The second-order valence-corrected chi connectivity index (χ2v) is 9.50. The average molecular weight is 464 g/mol. The van der Waals surface area contributed by atoms with E-state index in [1.165, 1.54) is 49.0 Å². The van der Waals surface area contributed by atoms with E-state index >= 15 is 0 Å². The molecule has 1 aromatic heterocycles. The van der Waals surface area contributed by atoms with Crippen LogP contribution in [0.2, 0.25) is 0 Å². The van der Waals surface area contributed by atoms with Gasteiger partial charge in [-0.1, -0.05) is 19.3 Å². The van der Waals surface area contributed by atoms with Crippen molar-refractivity contribution < 1.29 is 27.2 Å². The number of sulfonamides is 1. The maximum absolute atomic E-state index is 12.8. The molecule has 0 unspecified atom stereocenters. The van der Waals surface area contributed by atoms with Crippen molar-refractivity contribution in [3.8, 4) is 5.75 Å². The molecule has 1 aromatic carbocycles. The second kappa shape index (κ2) is 11.1. The number of nitrogens with zero attached hydrogens (tertiary/aromatic N) is 1. The third-order valence-corrected chi connectivity index (χ3v) is 6.78. The smallest absolute Gasteiger partial charge is 0.241 e. The molecule has 1 aliphatic rings. The van der Waals surface area contributed by atoms with Gasteiger partial charge in [0.2, 0.25) is 21.8 Å². The zero-order chi connectivity index (χ0) is 23.0. The highest BCUT2D eigenvalue weighted by atomic mass is 32.2. The van der Waals surface area contributed by atoms with Crippen LogP contribution < -0.4 is 14.8 Å². The SMILES string of the molecule is COc1ccc(S(=O)(=O)NCC(=O)N(CC(=O)NC2CCCCC2)Cc2ccco2)cc1. The Hall–Kier alpha value is -2.85. The van der Waals surface area contributed by atoms with Gasteiger partial charge < -0.3 is 19.4 Å². The van der Waals surface area contributed by atoms with Gasteiger partial charge in [0.05, 0.1) is 31.4 Å². The number of amides is 2. The van der Waals surface area contributed by atoms with E-state index in [2.05, 4.69) is 10.0 Å². The van der Waals surface area contributed by atoms with E-state index in [1.54, 1.807) is 12.1 Å². The Kier molecular flexibility index (Phi) is 8.29. The van der Waals surface area contributed by atoms with Crippen LogP contribution in [0.4, 0.5) is 0 Å². The van der Waals surface area contributed by atoms with Crippen molar-refractivity contribution in [1.29, 1.82) is 0 Å². The third kappa shape index (κ3) is 6.83. The van der Waals surface area contributed by atoms with Gasteiger partial charge in [0.25, 0.3) is 0 Å². The lowest BCUT2D eigenvalue weighted by atomic mass is 9.95. The van der Waals surface area contributed by atoms with E-state index in [0.29, 0.717) is 11.5 Å². The van der Waals surface area contributed by atoms with E-state index in [0.717, 1.165) is 25.7 Å². The quantitative estimate of drug-likeness (QED) is 0.557. The fourth-order valence-electron chi connectivity index (χ4n) is 3.62. The monoisotopic (exact) mass is 463 g/mol. The highest BCUT2D eigenvalue weighted by molar-refractivity contribution is 7.89. The molecule has 1 heterocycles. The predicted octanol–water partition coefficient (Wildman–Crippen LogP) is 2.04. The number of methoxy groups -OCH3 is 1. The van der Waals surface area contributed by atoms with Crippen molar-refractivity contribution >= 4 is 21.8 Å². The first-order valence-corrected chi connectivity index (χ1v) is 12.1. The lowest BCUT2D eigenvalue weighted by Gasteiger charge is -2.26. The summed E-state index contributed by atoms with van der Waals surface area (Å²) in [4.78, 5) is 26.7. The molecule has 0 atom stereocenters. The first-order chi connectivity index (χ1) is 15.4. The van der Waals surface area contributed by atoms with E-state index in [9.17, 15) is 18.0 Å². The van der Waals surface area contributed by atoms with E-state index < -0.39 is 22.5 Å². The van der Waals surface area contributed by atoms with Gasteiger partial charge in [-0.3, -0.25) is 9.59 Å². The Balaban J connectivity index is 1.62. The average Bonchev–Trinajstić information content (AvgIpc) is 3.31. The molecular weight excluding hydrogens is 434 g/mol. The van der Waals surface area contributed by atoms with Crippen LogP contribution in [0, 0.1) is 0 Å². The van der Waals surface area contributed by atoms with Crippen molar-refractivity contribution in [2.24, 2.45) is 0 Å². The maximum Gasteiger partial charge on any atom is 0.241 e. The molecule has 0 radical (unpaired) electrons. The molecular formula is C22H29N3O6S. The van der Waals surface area contributed by atoms with Crippen molar-refractivity contribution in [2.75, 3.05) is 20.2 Å². The lowest BCUT2D eigenvalue weighted by molar-refractivity contribution is -0.136. The molecule has 1 aliphatic carbocycles. The Bertz CT molecular complexity index is 983. The molecule has 174 valence electrons. The molecule has 10 heteroatoms. The Morgan fingerprint density at radius 3 is 2.47 bits per heavy atom. The minimum atomic E-state index is -3.90. The summed E-state index contributed by atoms with van der Waals surface area (Å²) in [5.74, 6) is 0.225. The number of furan rings is 1. The number of nitrogens with one attached hydrogen (secondary N) is 2. The van der Waals surface area contributed by atoms with Gasteiger partial charge in [-0.25, -0.2) is 13.1 Å². The molecule has 1 saturated carbocycles. The summed E-state index contributed by atoms with van der Waals surface area (Å²) in [6.45, 7) is -0.597. The summed E-state index contributed by atoms with van der Waals surface area (Å²) >= 11 is 0. The van der Waals surface area contributed by atoms with E-state index in [4.69, 9.17) is 9.15 Å². The zero-order valence-electron chi connectivity index (χ0n) is 18.1. The largest absolute Gasteiger partial charge is 0.497 e. The molecule has 1 fully saturated rings. The third-order valence-electron chi connectivity index (χ3n) is 5.37. The van der Waals surface area contributed by atoms with Crippen LogP contribution in [0.25, 0.3) is 0 Å². The Morgan fingerprint density at radius 2 is 1.84 bits per heavy atom. The van der Waals surface area contributed by atoms with Crippen molar-refractivity contribution in [3.05, 3.63) is 48.4 Å². The van der Waals surface area contributed by atoms with Gasteiger partial charge >= 0.3 is 0 Å². The van der Waals surface area contributed by atoms with Crippen LogP contribution in [0.5, 0.6) is 5.75 Å². The van der Waals surface area contributed by atoms with Crippen LogP contribution >= 0.6 is 0 Å². The summed E-state index contributed by atoms with van der Waals surface area (Å²) in [6.07, 6.45) is 6.66. The van der Waals surface area contributed by atoms with Gasteiger partial charge in [0.1, 0.15) is 18.1 Å². The van der Waals surface area contributed by atoms with Crippen molar-refractivity contribution in [3.63, 3.8) is 0 Å². The molecule has 0 bridgehead atoms. The Morgan fingerprint density at radius 1 is 1.12 bits per heavy atom. The number of carbonyl (C=O) groups is 2. The summed E-state index contributed by atoms with van der Waals surface area (Å²) in [7, 11) is -2.42. The summed E-state index contributed by atoms with van der Waals surface area (Å²) in [6, 6.07) is 9.33. The molecule has 2 aromatic rings. The number of carbonyl (C=O) groups excluding carboxylic acids is 2. The van der Waals surface area contributed by atoms with Crippen LogP contribution in [0.3, 0.4) is 0 Å². The molecule has 0 spiro atoms. The van der Waals surface area contributed by atoms with Crippen molar-refractivity contribution in [2.45, 2.75) is 49.6 Å². The van der Waals surface area contributed by atoms with E-state index in [1.807, 2.05) is 0 Å². The van der Waals surface area contributed by atoms with Crippen LogP contribution in [0.15, 0.2) is 52.0 Å². The van der Waals surface area contributed by atoms with Crippen molar-refractivity contribution in [1.82, 2.24) is 14.9 Å². The first-order valence-electron chi connectivity index (χ1n) is 10.6. The number of ether oxygens (including phenoxy) is 1. The second-order valence-electron chi connectivity index (χ2n) is 7.73. The number of hydrogen-bond donors (Lipinski definition) is 2. The Labute approximate surface area is 188 Å². The predicted molar refractivity (Wildman–Crippen MR) is 117 cm³/mol. The lowest BCUT2D eigenvalue weighted by Crippen LogP contribution is -2.47. The van der Waals surface area contributed by atoms with Crippen LogP contribution in [-0.2, 0) is 26.2 Å². The van der Waals surface area contributed by atoms with Gasteiger partial charge in [-0.05, 0) is 49.2 Å². The zero-order valence-corrected chi connectivity index (χ0v) is 18.9. The molecule has 2 amide bonds. The molecule has 3 rings (SSSR count). The van der Waals surface area contributed by atoms with Gasteiger partial charge in [-0.2, -0.15) is 0 Å². The molecule has 32 heavy (non-hydrogen) atoms. The van der Waals surface area contributed by atoms with Crippen LogP contribution in [-0.4, -0.2) is 51.4 Å². The number of rotatable bonds is 10. The molecule has 9 nitrogen and oxygen atoms in total. The minimum Gasteiger partial charge on any atom is -0.497 e. The fourth-order valence-corrected chi connectivity index (χ4v) is 4.60. The van der Waals surface area contributed by atoms with Gasteiger partial charge in [0.15, 0.2) is 0 Å². The van der Waals surface area contributed by atoms with Gasteiger partial charge in [0, 0.05) is 6.04 Å². The molecule has 0 saturated heterocycles. The van der Waals surface area contributed by atoms with Gasteiger partial charge in [-0.15, -0.1) is 0 Å². The summed E-state index contributed by atoms with van der Waals surface area (Å²) < 4.78 is 37.7. The molecule has 0 aliphatic heterocycles. The summed E-state index contributed by atoms with van der Waals surface area (Å²) in [5, 5.41) is 2.98. The summed E-state index contributed by atoms with van der Waals surface area (Å²) in [5.41, 5.74) is 0. The standard InChI is InChI=1S/C22H29N3O6S/c1-30-18-9-11-20(12-10-18)32(28,29)23-14-22(27)25(15-19-8-5-13-31-19)16-21(26)24-17-6-3-2-4-7-17/h5,8-13,17,23H,2-4,6-7,14-16H2,1H3,(H,24,26). The highest BCUT2D eigenvalue weighted by Crippen LogP contribution is 2.18.